The molecule has 0 bridgehead atoms. The highest BCUT2D eigenvalue weighted by Crippen LogP contribution is 2.65. The van der Waals surface area contributed by atoms with Gasteiger partial charge in [-0.3, -0.25) is 0 Å². The normalized spacial score (nSPS) is 16.6. The number of hydrogen-bond donors (Lipinski definition) is 0. The van der Waals surface area contributed by atoms with E-state index in [9.17, 15) is 0 Å². The molecule has 0 fully saturated rings. The molecule has 15 rings (SSSR count). The number of benzene rings is 10. The number of furan rings is 1. The first kappa shape index (κ1) is 38.7. The van der Waals surface area contributed by atoms with E-state index in [1.165, 1.54) is 83.2 Å². The lowest BCUT2D eigenvalue weighted by Gasteiger charge is -2.42. The van der Waals surface area contributed by atoms with Gasteiger partial charge in [0.15, 0.2) is 0 Å². The Hall–Kier alpha value is -8.40. The molecule has 326 valence electrons. The largest absolute Gasteiger partial charge is 0.456 e. The SMILES string of the molecule is CC1(C)c2ccccc2-c2cc(N(c3ccc(-c4ccc5oc6ccccc6c5c4)cc3)[C@@H]3C=CC4=C(C3)c3ccccc3C43c4ccc5ccccc5c4Oc4c3ccc3ccccc43)ccc21. The van der Waals surface area contributed by atoms with Crippen molar-refractivity contribution in [2.45, 2.75) is 37.1 Å². The quantitative estimate of drug-likeness (QED) is 0.176. The summed E-state index contributed by atoms with van der Waals surface area (Å²) in [4.78, 5) is 2.59. The van der Waals surface area contributed by atoms with Crippen LogP contribution in [0, 0.1) is 0 Å². The van der Waals surface area contributed by atoms with Crippen molar-refractivity contribution >= 4 is 60.4 Å². The Balaban J connectivity index is 0.912. The van der Waals surface area contributed by atoms with Crippen LogP contribution < -0.4 is 9.64 Å². The van der Waals surface area contributed by atoms with Gasteiger partial charge in [0.05, 0.1) is 11.5 Å². The van der Waals surface area contributed by atoms with Crippen LogP contribution in [0.2, 0.25) is 0 Å². The monoisotopic (exact) mass is 883 g/mol. The van der Waals surface area contributed by atoms with Crippen molar-refractivity contribution in [1.29, 1.82) is 0 Å². The topological polar surface area (TPSA) is 25.6 Å². The average molecular weight is 884 g/mol. The number of rotatable bonds is 4. The van der Waals surface area contributed by atoms with Gasteiger partial charge in [0.2, 0.25) is 0 Å². The first-order chi connectivity index (χ1) is 33.9. The van der Waals surface area contributed by atoms with Crippen LogP contribution >= 0.6 is 0 Å². The predicted molar refractivity (Wildman–Crippen MR) is 284 cm³/mol. The van der Waals surface area contributed by atoms with E-state index in [4.69, 9.17) is 9.15 Å². The van der Waals surface area contributed by atoms with Gasteiger partial charge in [0, 0.05) is 49.5 Å². The summed E-state index contributed by atoms with van der Waals surface area (Å²) in [6, 6.07) is 76.1. The fraction of sp³-hybridized carbons (Fsp3) is 0.0909. The van der Waals surface area contributed by atoms with Crippen LogP contribution in [0.15, 0.2) is 228 Å². The Morgan fingerprint density at radius 2 is 1.03 bits per heavy atom. The van der Waals surface area contributed by atoms with Gasteiger partial charge in [-0.15, -0.1) is 0 Å². The van der Waals surface area contributed by atoms with Gasteiger partial charge in [0.25, 0.3) is 0 Å². The summed E-state index contributed by atoms with van der Waals surface area (Å²) < 4.78 is 13.5. The van der Waals surface area contributed by atoms with Crippen LogP contribution in [0.3, 0.4) is 0 Å². The lowest BCUT2D eigenvalue weighted by atomic mass is 9.64. The molecule has 1 aromatic heterocycles. The van der Waals surface area contributed by atoms with Crippen LogP contribution in [0.4, 0.5) is 11.4 Å². The zero-order valence-electron chi connectivity index (χ0n) is 38.3. The number of hydrogen-bond acceptors (Lipinski definition) is 3. The summed E-state index contributed by atoms with van der Waals surface area (Å²) in [5.74, 6) is 1.89. The van der Waals surface area contributed by atoms with Crippen molar-refractivity contribution < 1.29 is 9.15 Å². The fourth-order valence-electron chi connectivity index (χ4n) is 12.9. The summed E-state index contributed by atoms with van der Waals surface area (Å²) in [6.07, 6.45) is 5.78. The summed E-state index contributed by atoms with van der Waals surface area (Å²) in [5.41, 5.74) is 18.9. The second-order valence-corrected chi connectivity index (χ2v) is 19.9. The van der Waals surface area contributed by atoms with E-state index in [1.807, 2.05) is 12.1 Å². The Bertz CT molecular complexity index is 3980. The van der Waals surface area contributed by atoms with E-state index in [-0.39, 0.29) is 11.5 Å². The first-order valence-corrected chi connectivity index (χ1v) is 24.2. The molecule has 0 saturated heterocycles. The molecular formula is C66H45NO2. The van der Waals surface area contributed by atoms with E-state index in [0.29, 0.717) is 0 Å². The van der Waals surface area contributed by atoms with E-state index in [2.05, 4.69) is 225 Å². The third-order valence-corrected chi connectivity index (χ3v) is 16.1. The van der Waals surface area contributed by atoms with Crippen LogP contribution in [-0.2, 0) is 10.8 Å². The maximum absolute atomic E-state index is 7.25. The Morgan fingerprint density at radius 1 is 0.449 bits per heavy atom. The van der Waals surface area contributed by atoms with Gasteiger partial charge in [-0.1, -0.05) is 190 Å². The number of nitrogens with zero attached hydrogens (tertiary/aromatic N) is 1. The van der Waals surface area contributed by atoms with E-state index in [0.717, 1.165) is 56.3 Å². The Morgan fingerprint density at radius 3 is 1.78 bits per heavy atom. The zero-order chi connectivity index (χ0) is 45.6. The average Bonchev–Trinajstić information content (AvgIpc) is 3.99. The minimum absolute atomic E-state index is 0.0150. The predicted octanol–water partition coefficient (Wildman–Crippen LogP) is 17.2. The van der Waals surface area contributed by atoms with Gasteiger partial charge in [0.1, 0.15) is 22.7 Å². The molecule has 0 unspecified atom stereocenters. The minimum Gasteiger partial charge on any atom is -0.456 e. The van der Waals surface area contributed by atoms with Crippen molar-refractivity contribution in [3.8, 4) is 33.8 Å². The maximum atomic E-state index is 7.25. The highest BCUT2D eigenvalue weighted by Gasteiger charge is 2.53. The Labute approximate surface area is 400 Å². The van der Waals surface area contributed by atoms with Crippen molar-refractivity contribution in [3.63, 3.8) is 0 Å². The van der Waals surface area contributed by atoms with Gasteiger partial charge in [-0.2, -0.15) is 0 Å². The second kappa shape index (κ2) is 14.1. The highest BCUT2D eigenvalue weighted by molar-refractivity contribution is 6.06. The van der Waals surface area contributed by atoms with E-state index in [1.54, 1.807) is 0 Å². The number of anilines is 2. The summed E-state index contributed by atoms with van der Waals surface area (Å²) in [7, 11) is 0. The summed E-state index contributed by atoms with van der Waals surface area (Å²) in [6.45, 7) is 4.72. The van der Waals surface area contributed by atoms with Crippen LogP contribution in [0.5, 0.6) is 11.5 Å². The molecule has 1 spiro atoms. The van der Waals surface area contributed by atoms with Crippen molar-refractivity contribution in [1.82, 2.24) is 0 Å². The highest BCUT2D eigenvalue weighted by atomic mass is 16.5. The van der Waals surface area contributed by atoms with Crippen molar-refractivity contribution in [2.24, 2.45) is 0 Å². The smallest absolute Gasteiger partial charge is 0.140 e. The number of ether oxygens (including phenoxy) is 1. The molecule has 2 heterocycles. The Kier molecular flexibility index (Phi) is 7.89. The second-order valence-electron chi connectivity index (χ2n) is 19.9. The van der Waals surface area contributed by atoms with E-state index < -0.39 is 5.41 Å². The number of allylic oxidation sites excluding steroid dienone is 2. The standard InChI is InChI=1S/C66H45NO2/c1-65(2)55-20-10-7-17-49(55)52-38-45(30-34-56(52)65)67(44-28-23-40(24-29-44)43-27-36-62-54(37-43)51-19-9-12-22-61(51)68-62)46-31-35-58-53(39-46)50-18-8-11-21-57(50)66(58)59-32-25-41-13-3-5-15-47(41)63(59)69-64-48-16-6-4-14-42(48)26-33-60(64)66/h3-38,46H,39H2,1-2H3/t46-/m1/s1. The molecule has 4 aliphatic rings. The molecule has 11 aromatic rings. The van der Waals surface area contributed by atoms with Crippen molar-refractivity contribution in [3.05, 3.63) is 257 Å². The molecule has 0 amide bonds. The first-order valence-electron chi connectivity index (χ1n) is 24.2. The van der Waals surface area contributed by atoms with E-state index >= 15 is 0 Å². The zero-order valence-corrected chi connectivity index (χ0v) is 38.3. The number of para-hydroxylation sites is 1. The van der Waals surface area contributed by atoms with Crippen LogP contribution in [-0.4, -0.2) is 6.04 Å². The molecule has 3 aliphatic carbocycles. The van der Waals surface area contributed by atoms with Gasteiger partial charge >= 0.3 is 0 Å². The molecule has 1 aliphatic heterocycles. The molecule has 0 radical (unpaired) electrons. The maximum Gasteiger partial charge on any atom is 0.140 e. The number of fused-ring (bicyclic) bond motifs is 18. The molecule has 3 heteroatoms. The summed E-state index contributed by atoms with van der Waals surface area (Å²) >= 11 is 0. The lowest BCUT2D eigenvalue weighted by Crippen LogP contribution is -2.35. The van der Waals surface area contributed by atoms with Gasteiger partial charge in [-0.25, -0.2) is 0 Å². The van der Waals surface area contributed by atoms with Gasteiger partial charge in [-0.05, 0) is 115 Å². The lowest BCUT2D eigenvalue weighted by molar-refractivity contribution is 0.446. The summed E-state index contributed by atoms with van der Waals surface area (Å²) in [5, 5.41) is 6.88. The molecular weight excluding hydrogens is 839 g/mol. The molecule has 10 aromatic carbocycles. The molecule has 3 nitrogen and oxygen atoms in total. The minimum atomic E-state index is -0.582. The van der Waals surface area contributed by atoms with Crippen LogP contribution in [0.1, 0.15) is 53.6 Å². The molecule has 0 saturated carbocycles. The van der Waals surface area contributed by atoms with Gasteiger partial charge < -0.3 is 14.1 Å². The molecule has 1 atom stereocenters. The fourth-order valence-corrected chi connectivity index (χ4v) is 12.9. The third kappa shape index (κ3) is 5.28. The molecule has 0 N–H and O–H groups in total. The van der Waals surface area contributed by atoms with Crippen LogP contribution in [0.25, 0.3) is 71.3 Å². The van der Waals surface area contributed by atoms with Crippen molar-refractivity contribution in [2.75, 3.05) is 4.90 Å². The molecule has 69 heavy (non-hydrogen) atoms. The third-order valence-electron chi connectivity index (χ3n) is 16.1.